The fraction of sp³-hybridized carbons (Fsp3) is 0.188. The minimum atomic E-state index is -0.291. The molecule has 0 aliphatic heterocycles. The number of benzene rings is 2. The molecule has 122 valence electrons. The van der Waals surface area contributed by atoms with Crippen LogP contribution in [0.25, 0.3) is 0 Å². The van der Waals surface area contributed by atoms with Crippen molar-refractivity contribution in [1.29, 1.82) is 0 Å². The normalized spacial score (nSPS) is 10.5. The van der Waals surface area contributed by atoms with E-state index < -0.39 is 0 Å². The molecule has 2 aromatic rings. The van der Waals surface area contributed by atoms with E-state index in [0.29, 0.717) is 20.8 Å². The molecule has 0 heterocycles. The number of carbonyl (C=O) groups excluding carboxylic acids is 1. The average Bonchev–Trinajstić information content (AvgIpc) is 2.45. The van der Waals surface area contributed by atoms with Gasteiger partial charge in [-0.25, -0.2) is 0 Å². The first kappa shape index (κ1) is 18.4. The van der Waals surface area contributed by atoms with Gasteiger partial charge in [-0.2, -0.15) is 0 Å². The van der Waals surface area contributed by atoms with Crippen LogP contribution in [0, 0.1) is 13.8 Å². The molecule has 0 fully saturated rings. The molecule has 0 bridgehead atoms. The van der Waals surface area contributed by atoms with Crippen molar-refractivity contribution < 1.29 is 9.53 Å². The van der Waals surface area contributed by atoms with Gasteiger partial charge in [0.2, 0.25) is 0 Å². The van der Waals surface area contributed by atoms with Crippen molar-refractivity contribution in [2.75, 3.05) is 11.9 Å². The zero-order chi connectivity index (χ0) is 17.1. The Kier molecular flexibility index (Phi) is 6.20. The van der Waals surface area contributed by atoms with Gasteiger partial charge in [-0.15, -0.1) is 0 Å². The second kappa shape index (κ2) is 7.75. The smallest absolute Gasteiger partial charge is 0.262 e. The standard InChI is InChI=1S/C16H13BrCl3NO2/c1-8-3-10(17)4-9(2)16(8)21-15(22)7-23-14-6-12(19)11(18)5-13(14)20/h3-6H,7H2,1-2H3,(H,21,22). The summed E-state index contributed by atoms with van der Waals surface area (Å²) in [4.78, 5) is 12.1. The number of ether oxygens (including phenoxy) is 1. The van der Waals surface area contributed by atoms with E-state index in [0.717, 1.165) is 21.3 Å². The van der Waals surface area contributed by atoms with Gasteiger partial charge in [0, 0.05) is 16.2 Å². The molecule has 1 amide bonds. The van der Waals surface area contributed by atoms with Crippen molar-refractivity contribution in [3.05, 3.63) is 54.9 Å². The summed E-state index contributed by atoms with van der Waals surface area (Å²) in [5, 5.41) is 3.77. The summed E-state index contributed by atoms with van der Waals surface area (Å²) in [7, 11) is 0. The number of anilines is 1. The molecule has 0 radical (unpaired) electrons. The van der Waals surface area contributed by atoms with Crippen LogP contribution in [0.5, 0.6) is 5.75 Å². The SMILES string of the molecule is Cc1cc(Br)cc(C)c1NC(=O)COc1cc(Cl)c(Cl)cc1Cl. The third-order valence-electron chi connectivity index (χ3n) is 3.10. The summed E-state index contributed by atoms with van der Waals surface area (Å²) in [6, 6.07) is 6.82. The zero-order valence-corrected chi connectivity index (χ0v) is 16.2. The molecule has 2 rings (SSSR count). The van der Waals surface area contributed by atoms with Gasteiger partial charge in [-0.3, -0.25) is 4.79 Å². The maximum atomic E-state index is 12.1. The van der Waals surface area contributed by atoms with Crippen LogP contribution in [0.1, 0.15) is 11.1 Å². The average molecular weight is 438 g/mol. The lowest BCUT2D eigenvalue weighted by molar-refractivity contribution is -0.118. The zero-order valence-electron chi connectivity index (χ0n) is 12.3. The molecule has 0 aliphatic rings. The highest BCUT2D eigenvalue weighted by atomic mass is 79.9. The second-order valence-electron chi connectivity index (χ2n) is 4.95. The maximum Gasteiger partial charge on any atom is 0.262 e. The number of amides is 1. The van der Waals surface area contributed by atoms with Crippen molar-refractivity contribution >= 4 is 62.3 Å². The third kappa shape index (κ3) is 4.77. The van der Waals surface area contributed by atoms with Crippen LogP contribution in [0.4, 0.5) is 5.69 Å². The van der Waals surface area contributed by atoms with E-state index in [9.17, 15) is 4.79 Å². The molecule has 0 unspecified atom stereocenters. The topological polar surface area (TPSA) is 38.3 Å². The Morgan fingerprint density at radius 1 is 1.04 bits per heavy atom. The molecule has 0 aromatic heterocycles. The fourth-order valence-corrected chi connectivity index (χ4v) is 3.32. The van der Waals surface area contributed by atoms with Gasteiger partial charge in [-0.1, -0.05) is 50.7 Å². The van der Waals surface area contributed by atoms with E-state index >= 15 is 0 Å². The Morgan fingerprint density at radius 3 is 2.22 bits per heavy atom. The maximum absolute atomic E-state index is 12.1. The molecular weight excluding hydrogens is 424 g/mol. The van der Waals surface area contributed by atoms with Gasteiger partial charge >= 0.3 is 0 Å². The second-order valence-corrected chi connectivity index (χ2v) is 7.09. The van der Waals surface area contributed by atoms with E-state index in [4.69, 9.17) is 39.5 Å². The number of nitrogens with one attached hydrogen (secondary N) is 1. The van der Waals surface area contributed by atoms with E-state index in [1.807, 2.05) is 26.0 Å². The minimum absolute atomic E-state index is 0.188. The largest absolute Gasteiger partial charge is 0.482 e. The number of hydrogen-bond donors (Lipinski definition) is 1. The monoisotopic (exact) mass is 435 g/mol. The summed E-state index contributed by atoms with van der Waals surface area (Å²) in [5.74, 6) is 0.0149. The van der Waals surface area contributed by atoms with E-state index in [1.54, 1.807) is 0 Å². The number of halogens is 4. The van der Waals surface area contributed by atoms with Crippen LogP contribution in [0.3, 0.4) is 0 Å². The number of rotatable bonds is 4. The van der Waals surface area contributed by atoms with Crippen LogP contribution in [-0.4, -0.2) is 12.5 Å². The van der Waals surface area contributed by atoms with Crippen LogP contribution >= 0.6 is 50.7 Å². The molecule has 3 nitrogen and oxygen atoms in total. The first-order valence-corrected chi connectivity index (χ1v) is 8.54. The first-order chi connectivity index (χ1) is 10.8. The highest BCUT2D eigenvalue weighted by molar-refractivity contribution is 9.10. The van der Waals surface area contributed by atoms with Crippen molar-refractivity contribution in [3.8, 4) is 5.75 Å². The summed E-state index contributed by atoms with van der Waals surface area (Å²) in [6.07, 6.45) is 0. The quantitative estimate of drug-likeness (QED) is 0.592. The van der Waals surface area contributed by atoms with Crippen LogP contribution in [0.15, 0.2) is 28.7 Å². The van der Waals surface area contributed by atoms with Crippen LogP contribution in [-0.2, 0) is 4.79 Å². The molecule has 23 heavy (non-hydrogen) atoms. The lowest BCUT2D eigenvalue weighted by Crippen LogP contribution is -2.21. The van der Waals surface area contributed by atoms with E-state index in [1.165, 1.54) is 12.1 Å². The van der Waals surface area contributed by atoms with Gasteiger partial charge in [0.15, 0.2) is 6.61 Å². The van der Waals surface area contributed by atoms with E-state index in [-0.39, 0.29) is 12.5 Å². The Balaban J connectivity index is 2.05. The summed E-state index contributed by atoms with van der Waals surface area (Å²) in [6.45, 7) is 3.65. The van der Waals surface area contributed by atoms with Crippen LogP contribution in [0.2, 0.25) is 15.1 Å². The molecule has 7 heteroatoms. The highest BCUT2D eigenvalue weighted by Crippen LogP contribution is 2.33. The molecule has 0 saturated heterocycles. The van der Waals surface area contributed by atoms with Gasteiger partial charge in [0.25, 0.3) is 5.91 Å². The predicted octanol–water partition coefficient (Wildman–Crippen LogP) is 6.04. The van der Waals surface area contributed by atoms with E-state index in [2.05, 4.69) is 21.2 Å². The van der Waals surface area contributed by atoms with Crippen molar-refractivity contribution in [2.24, 2.45) is 0 Å². The number of carbonyl (C=O) groups is 1. The van der Waals surface area contributed by atoms with Crippen molar-refractivity contribution in [3.63, 3.8) is 0 Å². The number of hydrogen-bond acceptors (Lipinski definition) is 2. The Hall–Kier alpha value is -0.940. The summed E-state index contributed by atoms with van der Waals surface area (Å²) < 4.78 is 6.38. The minimum Gasteiger partial charge on any atom is -0.482 e. The Bertz CT molecular complexity index is 742. The Morgan fingerprint density at radius 2 is 1.61 bits per heavy atom. The predicted molar refractivity (Wildman–Crippen MR) is 99.2 cm³/mol. The lowest BCUT2D eigenvalue weighted by atomic mass is 10.1. The third-order valence-corrected chi connectivity index (χ3v) is 4.57. The first-order valence-electron chi connectivity index (χ1n) is 6.62. The van der Waals surface area contributed by atoms with Gasteiger partial charge in [-0.05, 0) is 43.2 Å². The van der Waals surface area contributed by atoms with Crippen molar-refractivity contribution in [2.45, 2.75) is 13.8 Å². The molecule has 0 aliphatic carbocycles. The summed E-state index contributed by atoms with van der Waals surface area (Å²) in [5.41, 5.74) is 2.68. The highest BCUT2D eigenvalue weighted by Gasteiger charge is 2.12. The van der Waals surface area contributed by atoms with Gasteiger partial charge in [0.05, 0.1) is 15.1 Å². The van der Waals surface area contributed by atoms with Crippen molar-refractivity contribution in [1.82, 2.24) is 0 Å². The Labute approximate surface area is 158 Å². The van der Waals surface area contributed by atoms with Gasteiger partial charge in [0.1, 0.15) is 5.75 Å². The molecular formula is C16H13BrCl3NO2. The summed E-state index contributed by atoms with van der Waals surface area (Å²) >= 11 is 21.2. The molecule has 1 N–H and O–H groups in total. The fourth-order valence-electron chi connectivity index (χ4n) is 2.04. The molecule has 0 atom stereocenters. The molecule has 0 spiro atoms. The molecule has 0 saturated carbocycles. The molecule has 2 aromatic carbocycles. The number of aryl methyl sites for hydroxylation is 2. The van der Waals surface area contributed by atoms with Crippen LogP contribution < -0.4 is 10.1 Å². The lowest BCUT2D eigenvalue weighted by Gasteiger charge is -2.13. The van der Waals surface area contributed by atoms with Gasteiger partial charge < -0.3 is 10.1 Å².